The highest BCUT2D eigenvalue weighted by molar-refractivity contribution is 8.87. The third-order valence-electron chi connectivity index (χ3n) is 4.37. The van der Waals surface area contributed by atoms with Gasteiger partial charge in [-0.05, 0) is 138 Å². The molecular formula is C24H27N9O8S15. The fourth-order valence-electron chi connectivity index (χ4n) is 2.37. The minimum atomic E-state index is -3.39. The second-order valence-electron chi connectivity index (χ2n) is 8.59. The zero-order chi connectivity index (χ0) is 42.3. The second-order valence-corrected chi connectivity index (χ2v) is 24.7. The van der Waals surface area contributed by atoms with Crippen LogP contribution in [0.4, 0.5) is 19.9 Å². The van der Waals surface area contributed by atoms with Crippen LogP contribution in [0.5, 0.6) is 5.19 Å². The molecule has 2 amide bonds. The van der Waals surface area contributed by atoms with E-state index in [1.807, 2.05) is 25.9 Å². The van der Waals surface area contributed by atoms with Crippen LogP contribution in [-0.2, 0) is 8.87 Å². The molecule has 0 unspecified atom stereocenters. The number of nitrogens with zero attached hydrogens (tertiary/aromatic N) is 5. The normalized spacial score (nSPS) is 11.6. The number of carbonyl (C=O) groups excluding carboxylic acids is 3. The Balaban J connectivity index is 0.000000340. The first-order valence-electron chi connectivity index (χ1n) is 14.0. The first kappa shape index (κ1) is 52.1. The minimum Gasteiger partial charge on any atom is -0.470 e. The quantitative estimate of drug-likeness (QED) is 0.0573. The molecule has 1 aromatic carbocycles. The van der Waals surface area contributed by atoms with Crippen molar-refractivity contribution in [3.63, 3.8) is 0 Å². The predicted molar refractivity (Wildman–Crippen MR) is 249 cm³/mol. The molecule has 0 bridgehead atoms. The Bertz CT molecular complexity index is 2360. The highest BCUT2D eigenvalue weighted by atomic mass is 33.1. The average molecular weight is 1050 g/mol. The number of nitrogens with two attached hydrogens (primary N) is 1. The maximum atomic E-state index is 11.2. The maximum absolute atomic E-state index is 11.2. The van der Waals surface area contributed by atoms with E-state index in [4.69, 9.17) is 34.9 Å². The van der Waals surface area contributed by atoms with Gasteiger partial charge in [0.05, 0.1) is 28.6 Å². The number of nitrogens with one attached hydrogen (secondary N) is 3. The lowest BCUT2D eigenvalue weighted by atomic mass is 10.2. The molecule has 306 valence electrons. The summed E-state index contributed by atoms with van der Waals surface area (Å²) in [7, 11) is 16.2. The number of aliphatic imine (C=N–C) groups is 1. The summed E-state index contributed by atoms with van der Waals surface area (Å²) >= 11 is 14.3. The number of aromatic nitrogens is 4. The Hall–Kier alpha value is -1.92. The number of benzene rings is 1. The van der Waals surface area contributed by atoms with Gasteiger partial charge in [0.2, 0.25) is 19.1 Å². The summed E-state index contributed by atoms with van der Waals surface area (Å²) in [6, 6.07) is 6.23. The largest absolute Gasteiger partial charge is 0.470 e. The molecule has 1 aliphatic rings. The van der Waals surface area contributed by atoms with Crippen molar-refractivity contribution in [2.24, 2.45) is 4.99 Å². The van der Waals surface area contributed by atoms with Gasteiger partial charge < -0.3 is 26.0 Å². The fourth-order valence-corrected chi connectivity index (χ4v) is 13.0. The molecule has 0 saturated heterocycles. The lowest BCUT2D eigenvalue weighted by Crippen LogP contribution is -2.13. The minimum absolute atomic E-state index is 0.139. The van der Waals surface area contributed by atoms with Gasteiger partial charge in [-0.3, -0.25) is 29.0 Å². The van der Waals surface area contributed by atoms with Crippen molar-refractivity contribution in [2.45, 2.75) is 11.8 Å². The number of aromatic amines is 1. The van der Waals surface area contributed by atoms with Gasteiger partial charge >= 0.3 is 9.75 Å². The van der Waals surface area contributed by atoms with Crippen LogP contribution < -0.4 is 30.9 Å². The number of fused-ring (bicyclic) bond motifs is 1. The van der Waals surface area contributed by atoms with Gasteiger partial charge in [0.25, 0.3) is 15.7 Å². The first-order chi connectivity index (χ1) is 26.4. The molecule has 0 fully saturated rings. The molecule has 5 heterocycles. The number of carbonyl (C=O) groups is 3. The molecule has 0 aliphatic carbocycles. The molecule has 0 spiro atoms. The molecule has 1 aliphatic heterocycles. The Kier molecular flexibility index (Phi) is 26.5. The standard InChI is InChI=1S/C7H4O3S2.C5H7N3S3.C4H8N2O2S2.C4H5NOS3.C2H2N2S3.C2HNO2S2/c8-7-5-3-1-2-4-6(5)12(9,10)11-7;1-8(2)3-6-4-7-5(9)11-10-4;1-5-3(7)9-10-4(8)6-2;1-2-6-3-5-4(7)9-8-3;3-1-4-2(5)7-6-1;4-1-3-2(5)7-6-1/h1-4H;3H,1-2H3;1-2H3,(H,5,7)(H,6,8);2H2,1H3;(H2,3,4,5);(H,3,4,5). The Morgan fingerprint density at radius 2 is 1.41 bits per heavy atom. The van der Waals surface area contributed by atoms with Crippen molar-refractivity contribution in [2.75, 3.05) is 40.5 Å². The summed E-state index contributed by atoms with van der Waals surface area (Å²) in [6.07, 6.45) is 1.71. The number of nitrogen functional groups attached to an aromatic ring is 1. The lowest BCUT2D eigenvalue weighted by Gasteiger charge is -1.99. The van der Waals surface area contributed by atoms with Crippen molar-refractivity contribution < 1.29 is 27.5 Å². The summed E-state index contributed by atoms with van der Waals surface area (Å²) in [5, 5.41) is 5.88. The van der Waals surface area contributed by atoms with Gasteiger partial charge in [-0.15, -0.1) is 0 Å². The van der Waals surface area contributed by atoms with Crippen LogP contribution in [0.25, 0.3) is 0 Å². The van der Waals surface area contributed by atoms with E-state index in [9.17, 15) is 32.4 Å². The Morgan fingerprint density at radius 1 is 0.875 bits per heavy atom. The van der Waals surface area contributed by atoms with E-state index >= 15 is 0 Å². The average Bonchev–Trinajstić information content (AvgIpc) is 3.99. The summed E-state index contributed by atoms with van der Waals surface area (Å²) in [5.74, 6) is 0. The third-order valence-corrected chi connectivity index (χ3v) is 18.6. The van der Waals surface area contributed by atoms with Crippen LogP contribution in [0, 0.1) is 11.9 Å². The molecule has 4 aromatic heterocycles. The van der Waals surface area contributed by atoms with Crippen LogP contribution in [-0.4, -0.2) is 90.0 Å². The van der Waals surface area contributed by atoms with Crippen LogP contribution in [0.3, 0.4) is 0 Å². The predicted octanol–water partition coefficient (Wildman–Crippen LogP) is 8.17. The van der Waals surface area contributed by atoms with Crippen molar-refractivity contribution >= 4 is 193 Å². The first-order valence-corrected chi connectivity index (χ1v) is 28.7. The molecule has 17 nitrogen and oxygen atoms in total. The Labute approximate surface area is 375 Å². The molecule has 32 heteroatoms. The number of H-pyrrole nitrogens is 1. The van der Waals surface area contributed by atoms with Crippen LogP contribution in [0.15, 0.2) is 43.7 Å². The van der Waals surface area contributed by atoms with Gasteiger partial charge in [-0.25, -0.2) is 13.4 Å². The van der Waals surface area contributed by atoms with E-state index in [-0.39, 0.29) is 30.2 Å². The van der Waals surface area contributed by atoms with Crippen LogP contribution >= 0.6 is 152 Å². The van der Waals surface area contributed by atoms with Gasteiger partial charge in [0, 0.05) is 55.3 Å². The van der Waals surface area contributed by atoms with Crippen LogP contribution in [0.2, 0.25) is 0 Å². The number of anilines is 1. The summed E-state index contributed by atoms with van der Waals surface area (Å²) in [5.41, 5.74) is 5.52. The lowest BCUT2D eigenvalue weighted by molar-refractivity contribution is 0.108. The van der Waals surface area contributed by atoms with Crippen molar-refractivity contribution in [1.82, 2.24) is 35.5 Å². The smallest absolute Gasteiger partial charge is 0.318 e. The number of rotatable bonds is 4. The van der Waals surface area contributed by atoms with Crippen LogP contribution in [0.1, 0.15) is 17.3 Å². The molecule has 0 atom stereocenters. The molecule has 6 rings (SSSR count). The number of ether oxygens (including phenoxy) is 1. The summed E-state index contributed by atoms with van der Waals surface area (Å²) < 4.78 is 29.4. The van der Waals surface area contributed by atoms with E-state index in [1.54, 1.807) is 18.5 Å². The van der Waals surface area contributed by atoms with E-state index in [0.717, 1.165) is 47.4 Å². The highest BCUT2D eigenvalue weighted by Gasteiger charge is 2.33. The monoisotopic (exact) mass is 1050 g/mol. The van der Waals surface area contributed by atoms with Gasteiger partial charge in [-0.1, -0.05) is 12.1 Å². The van der Waals surface area contributed by atoms with E-state index in [2.05, 4.69) is 47.8 Å². The summed E-state index contributed by atoms with van der Waals surface area (Å²) in [4.78, 5) is 71.4. The topological polar surface area (TPSA) is 249 Å². The fraction of sp³-hybridized carbons (Fsp3) is 0.250. The molecule has 5 aromatic rings. The van der Waals surface area contributed by atoms with Gasteiger partial charge in [-0.2, -0.15) is 15.0 Å². The molecule has 5 N–H and O–H groups in total. The zero-order valence-electron chi connectivity index (χ0n) is 28.8. The molecule has 0 saturated carbocycles. The Morgan fingerprint density at radius 3 is 1.79 bits per heavy atom. The van der Waals surface area contributed by atoms with Gasteiger partial charge in [0.1, 0.15) is 0 Å². The number of hydrogen-bond acceptors (Lipinski definition) is 27. The molecule has 0 radical (unpaired) electrons. The third kappa shape index (κ3) is 22.9. The van der Waals surface area contributed by atoms with E-state index in [0.29, 0.717) is 45.2 Å². The van der Waals surface area contributed by atoms with Crippen molar-refractivity contribution in [1.29, 1.82) is 0 Å². The molecule has 56 heavy (non-hydrogen) atoms. The highest BCUT2D eigenvalue weighted by Crippen LogP contribution is 2.37. The van der Waals surface area contributed by atoms with E-state index in [1.165, 1.54) is 88.3 Å². The van der Waals surface area contributed by atoms with E-state index < -0.39 is 8.87 Å². The van der Waals surface area contributed by atoms with Crippen molar-refractivity contribution in [3.8, 4) is 5.19 Å². The molecular weight excluding hydrogens is 1020 g/mol. The second kappa shape index (κ2) is 28.5. The zero-order valence-corrected chi connectivity index (χ0v) is 41.0. The maximum Gasteiger partial charge on any atom is 0.318 e. The summed E-state index contributed by atoms with van der Waals surface area (Å²) in [6.45, 7) is 2.59. The number of hydrogen-bond donors (Lipinski definition) is 4. The SMILES string of the molecule is CCOc1nc(=S)ss1.CN(C)C=Nc1nc(=S)ss1.CNC(=O)SSC(=O)NC.Nc1nc(=S)ss1.O=C1SS(=O)(=O)c2ccccc21.O=c1[nH]c(=O)ss1. The van der Waals surface area contributed by atoms with Gasteiger partial charge in [0.15, 0.2) is 17.0 Å². The van der Waals surface area contributed by atoms with Crippen molar-refractivity contribution in [3.05, 3.63) is 61.0 Å². The number of amides is 2.